The van der Waals surface area contributed by atoms with Crippen molar-refractivity contribution in [3.05, 3.63) is 23.2 Å². The van der Waals surface area contributed by atoms with Crippen LogP contribution >= 0.6 is 11.6 Å². The zero-order valence-electron chi connectivity index (χ0n) is 11.0. The highest BCUT2D eigenvalue weighted by Gasteiger charge is 2.17. The number of rotatable bonds is 5. The Balaban J connectivity index is 2.57. The topological polar surface area (TPSA) is 96.9 Å². The van der Waals surface area contributed by atoms with Gasteiger partial charge in [-0.3, -0.25) is 9.59 Å². The van der Waals surface area contributed by atoms with Gasteiger partial charge in [0.2, 0.25) is 0 Å². The summed E-state index contributed by atoms with van der Waals surface area (Å²) >= 11 is 5.72. The van der Waals surface area contributed by atoms with Crippen LogP contribution in [0.5, 0.6) is 5.75 Å². The number of anilines is 1. The van der Waals surface area contributed by atoms with E-state index in [0.717, 1.165) is 0 Å². The Labute approximate surface area is 120 Å². The monoisotopic (exact) mass is 302 g/mol. The molecule has 2 amide bonds. The van der Waals surface area contributed by atoms with Crippen LogP contribution < -0.4 is 10.6 Å². The van der Waals surface area contributed by atoms with Crippen molar-refractivity contribution in [1.82, 2.24) is 5.32 Å². The first kappa shape index (κ1) is 16.2. The third-order valence-corrected chi connectivity index (χ3v) is 2.60. The number of carbonyl (C=O) groups excluding carboxylic acids is 2. The van der Waals surface area contributed by atoms with Crippen LogP contribution in [0, 0.1) is 0 Å². The van der Waals surface area contributed by atoms with Crippen LogP contribution in [0.2, 0.25) is 5.02 Å². The Morgan fingerprint density at radius 1 is 1.30 bits per heavy atom. The van der Waals surface area contributed by atoms with Crippen LogP contribution in [0.1, 0.15) is 0 Å². The van der Waals surface area contributed by atoms with Gasteiger partial charge in [0.15, 0.2) is 6.29 Å². The average molecular weight is 303 g/mol. The largest absolute Gasteiger partial charge is 0.506 e. The lowest BCUT2D eigenvalue weighted by Crippen LogP contribution is -2.40. The van der Waals surface area contributed by atoms with E-state index < -0.39 is 18.1 Å². The van der Waals surface area contributed by atoms with Crippen LogP contribution in [-0.2, 0) is 19.1 Å². The highest BCUT2D eigenvalue weighted by molar-refractivity contribution is 6.40. The van der Waals surface area contributed by atoms with Gasteiger partial charge in [-0.15, -0.1) is 0 Å². The summed E-state index contributed by atoms with van der Waals surface area (Å²) < 4.78 is 9.71. The van der Waals surface area contributed by atoms with Gasteiger partial charge < -0.3 is 25.2 Å². The molecule has 1 rings (SSSR count). The molecule has 1 aromatic rings. The molecule has 0 saturated carbocycles. The molecule has 20 heavy (non-hydrogen) atoms. The molecule has 110 valence electrons. The minimum absolute atomic E-state index is 0.0147. The molecule has 0 radical (unpaired) electrons. The average Bonchev–Trinajstić information content (AvgIpc) is 2.43. The lowest BCUT2D eigenvalue weighted by Gasteiger charge is -2.14. The molecule has 0 spiro atoms. The highest BCUT2D eigenvalue weighted by Crippen LogP contribution is 2.26. The highest BCUT2D eigenvalue weighted by atomic mass is 35.5. The minimum atomic E-state index is -0.937. The molecule has 1 aromatic carbocycles. The normalized spacial score (nSPS) is 10.4. The molecule has 0 aliphatic rings. The third kappa shape index (κ3) is 4.69. The maximum Gasteiger partial charge on any atom is 0.313 e. The Morgan fingerprint density at radius 3 is 2.55 bits per heavy atom. The predicted octanol–water partition coefficient (Wildman–Crippen LogP) is 0.719. The summed E-state index contributed by atoms with van der Waals surface area (Å²) in [4.78, 5) is 23.1. The third-order valence-electron chi connectivity index (χ3n) is 2.37. The lowest BCUT2D eigenvalue weighted by molar-refractivity contribution is -0.139. The smallest absolute Gasteiger partial charge is 0.313 e. The van der Waals surface area contributed by atoms with E-state index in [-0.39, 0.29) is 18.0 Å². The number of phenols is 1. The van der Waals surface area contributed by atoms with E-state index in [0.29, 0.717) is 5.02 Å². The van der Waals surface area contributed by atoms with Crippen LogP contribution in [0.3, 0.4) is 0 Å². The number of nitrogens with one attached hydrogen (secondary N) is 2. The first-order valence-electron chi connectivity index (χ1n) is 5.61. The van der Waals surface area contributed by atoms with Gasteiger partial charge in [0.05, 0.1) is 12.2 Å². The number of amides is 2. The summed E-state index contributed by atoms with van der Waals surface area (Å²) in [5.74, 6) is -2.01. The molecule has 0 aliphatic carbocycles. The van der Waals surface area contributed by atoms with Crippen molar-refractivity contribution in [3.63, 3.8) is 0 Å². The number of methoxy groups -OCH3 is 2. The molecule has 0 fully saturated rings. The molecule has 0 heterocycles. The Bertz CT molecular complexity index is 491. The van der Waals surface area contributed by atoms with E-state index in [1.54, 1.807) is 0 Å². The molecule has 0 aliphatic heterocycles. The standard InChI is InChI=1S/C12H15ClN2O5/c1-19-10(20-2)6-14-11(17)12(18)15-8-5-7(13)3-4-9(8)16/h3-5,10,16H,6H2,1-2H3,(H,14,17)(H,15,18). The molecule has 0 atom stereocenters. The molecular weight excluding hydrogens is 288 g/mol. The predicted molar refractivity (Wildman–Crippen MR) is 72.6 cm³/mol. The van der Waals surface area contributed by atoms with Crippen LogP contribution in [-0.4, -0.2) is 44.0 Å². The van der Waals surface area contributed by atoms with Gasteiger partial charge in [-0.25, -0.2) is 0 Å². The number of hydrogen-bond donors (Lipinski definition) is 3. The lowest BCUT2D eigenvalue weighted by atomic mass is 10.3. The van der Waals surface area contributed by atoms with Gasteiger partial charge in [0, 0.05) is 19.2 Å². The van der Waals surface area contributed by atoms with Gasteiger partial charge in [-0.2, -0.15) is 0 Å². The van der Waals surface area contributed by atoms with E-state index >= 15 is 0 Å². The second-order valence-electron chi connectivity index (χ2n) is 3.73. The van der Waals surface area contributed by atoms with Crippen LogP contribution in [0.25, 0.3) is 0 Å². The number of carbonyl (C=O) groups is 2. The van der Waals surface area contributed by atoms with Gasteiger partial charge in [0.1, 0.15) is 5.75 Å². The number of hydrogen-bond acceptors (Lipinski definition) is 5. The van der Waals surface area contributed by atoms with E-state index in [1.165, 1.54) is 32.4 Å². The fraction of sp³-hybridized carbons (Fsp3) is 0.333. The van der Waals surface area contributed by atoms with Gasteiger partial charge in [0.25, 0.3) is 0 Å². The van der Waals surface area contributed by atoms with E-state index in [1.807, 2.05) is 0 Å². The number of halogens is 1. The van der Waals surface area contributed by atoms with E-state index in [4.69, 9.17) is 21.1 Å². The van der Waals surface area contributed by atoms with Crippen molar-refractivity contribution in [1.29, 1.82) is 0 Å². The number of aromatic hydroxyl groups is 1. The summed E-state index contributed by atoms with van der Waals surface area (Å²) in [6.07, 6.45) is -0.647. The first-order chi connectivity index (χ1) is 9.47. The van der Waals surface area contributed by atoms with Crippen molar-refractivity contribution in [3.8, 4) is 5.75 Å². The van der Waals surface area contributed by atoms with Crippen molar-refractivity contribution >= 4 is 29.1 Å². The maximum atomic E-state index is 11.6. The van der Waals surface area contributed by atoms with E-state index in [2.05, 4.69) is 10.6 Å². The maximum absolute atomic E-state index is 11.6. The molecular formula is C12H15ClN2O5. The summed E-state index contributed by atoms with van der Waals surface area (Å²) in [5, 5.41) is 14.4. The van der Waals surface area contributed by atoms with Crippen molar-refractivity contribution in [2.45, 2.75) is 6.29 Å². The SMILES string of the molecule is COC(CNC(=O)C(=O)Nc1cc(Cl)ccc1O)OC. The Kier molecular flexibility index (Phi) is 6.23. The summed E-state index contributed by atoms with van der Waals surface area (Å²) in [6, 6.07) is 4.09. The molecule has 7 nitrogen and oxygen atoms in total. The number of ether oxygens (including phenoxy) is 2. The summed E-state index contributed by atoms with van der Waals surface area (Å²) in [5.41, 5.74) is 0.0488. The molecule has 0 unspecified atom stereocenters. The second-order valence-corrected chi connectivity index (χ2v) is 4.16. The fourth-order valence-electron chi connectivity index (χ4n) is 1.31. The molecule has 0 aromatic heterocycles. The summed E-state index contributed by atoms with van der Waals surface area (Å²) in [7, 11) is 2.81. The van der Waals surface area contributed by atoms with Crippen LogP contribution in [0.15, 0.2) is 18.2 Å². The second kappa shape index (κ2) is 7.68. The van der Waals surface area contributed by atoms with Crippen molar-refractivity contribution in [2.24, 2.45) is 0 Å². The Morgan fingerprint density at radius 2 is 1.95 bits per heavy atom. The number of benzene rings is 1. The molecule has 3 N–H and O–H groups in total. The van der Waals surface area contributed by atoms with Gasteiger partial charge in [-0.1, -0.05) is 11.6 Å². The van der Waals surface area contributed by atoms with Crippen molar-refractivity contribution in [2.75, 3.05) is 26.1 Å². The number of phenolic OH excluding ortho intramolecular Hbond substituents is 1. The van der Waals surface area contributed by atoms with E-state index in [9.17, 15) is 14.7 Å². The zero-order chi connectivity index (χ0) is 15.1. The molecule has 0 saturated heterocycles. The molecule has 0 bridgehead atoms. The first-order valence-corrected chi connectivity index (χ1v) is 5.99. The quantitative estimate of drug-likeness (QED) is 0.423. The van der Waals surface area contributed by atoms with Crippen LogP contribution in [0.4, 0.5) is 5.69 Å². The van der Waals surface area contributed by atoms with Gasteiger partial charge >= 0.3 is 11.8 Å². The minimum Gasteiger partial charge on any atom is -0.506 e. The fourth-order valence-corrected chi connectivity index (χ4v) is 1.48. The van der Waals surface area contributed by atoms with Gasteiger partial charge in [-0.05, 0) is 18.2 Å². The molecule has 8 heteroatoms. The zero-order valence-corrected chi connectivity index (χ0v) is 11.7. The Hall–Kier alpha value is -1.83. The van der Waals surface area contributed by atoms with Crippen molar-refractivity contribution < 1.29 is 24.2 Å². The summed E-state index contributed by atoms with van der Waals surface area (Å²) in [6.45, 7) is 0.0147.